The number of nitrogens with two attached hydrogens (primary N) is 1. The van der Waals surface area contributed by atoms with Crippen molar-refractivity contribution in [3.05, 3.63) is 35.9 Å². The summed E-state index contributed by atoms with van der Waals surface area (Å²) in [6.07, 6.45) is 7.91. The minimum Gasteiger partial charge on any atom is -0.327 e. The van der Waals surface area contributed by atoms with Gasteiger partial charge in [-0.2, -0.15) is 0 Å². The summed E-state index contributed by atoms with van der Waals surface area (Å²) in [5, 5.41) is 0. The van der Waals surface area contributed by atoms with Gasteiger partial charge in [-0.3, -0.25) is 0 Å². The minimum atomic E-state index is 0.368. The molecule has 0 heterocycles. The van der Waals surface area contributed by atoms with Crippen LogP contribution in [-0.2, 0) is 6.42 Å². The molecule has 1 aromatic carbocycles. The van der Waals surface area contributed by atoms with Crippen molar-refractivity contribution in [2.75, 3.05) is 0 Å². The third-order valence-corrected chi connectivity index (χ3v) is 3.57. The zero-order chi connectivity index (χ0) is 10.5. The van der Waals surface area contributed by atoms with Gasteiger partial charge in [0.05, 0.1) is 0 Å². The van der Waals surface area contributed by atoms with E-state index in [0.717, 1.165) is 12.3 Å². The summed E-state index contributed by atoms with van der Waals surface area (Å²) in [7, 11) is 0. The van der Waals surface area contributed by atoms with Crippen molar-refractivity contribution in [2.24, 2.45) is 11.7 Å². The monoisotopic (exact) mass is 203 g/mol. The van der Waals surface area contributed by atoms with Crippen LogP contribution in [-0.4, -0.2) is 6.04 Å². The lowest BCUT2D eigenvalue weighted by atomic mass is 9.82. The van der Waals surface area contributed by atoms with E-state index >= 15 is 0 Å². The zero-order valence-corrected chi connectivity index (χ0v) is 9.36. The molecule has 0 amide bonds. The van der Waals surface area contributed by atoms with E-state index < -0.39 is 0 Å². The van der Waals surface area contributed by atoms with Crippen LogP contribution in [0.3, 0.4) is 0 Å². The molecule has 1 aromatic rings. The number of rotatable bonds is 3. The van der Waals surface area contributed by atoms with Crippen molar-refractivity contribution in [1.29, 1.82) is 0 Å². The Morgan fingerprint density at radius 2 is 1.73 bits per heavy atom. The molecule has 1 atom stereocenters. The summed E-state index contributed by atoms with van der Waals surface area (Å²) in [5.74, 6) is 0.763. The van der Waals surface area contributed by atoms with Crippen LogP contribution in [0.5, 0.6) is 0 Å². The first-order valence-electron chi connectivity index (χ1n) is 6.16. The maximum Gasteiger partial charge on any atom is 0.0108 e. The second-order valence-corrected chi connectivity index (χ2v) is 4.75. The van der Waals surface area contributed by atoms with E-state index in [1.807, 2.05) is 0 Å². The second kappa shape index (κ2) is 5.32. The van der Waals surface area contributed by atoms with Crippen LogP contribution >= 0.6 is 0 Å². The molecule has 0 bridgehead atoms. The second-order valence-electron chi connectivity index (χ2n) is 4.75. The highest BCUT2D eigenvalue weighted by molar-refractivity contribution is 5.16. The van der Waals surface area contributed by atoms with Gasteiger partial charge in [-0.1, -0.05) is 49.6 Å². The fourth-order valence-electron chi connectivity index (χ4n) is 2.62. The van der Waals surface area contributed by atoms with E-state index in [1.54, 1.807) is 0 Å². The molecular weight excluding hydrogens is 182 g/mol. The van der Waals surface area contributed by atoms with Gasteiger partial charge < -0.3 is 5.73 Å². The molecule has 1 saturated carbocycles. The molecular formula is C14H21N. The van der Waals surface area contributed by atoms with Crippen molar-refractivity contribution >= 4 is 0 Å². The predicted molar refractivity (Wildman–Crippen MR) is 64.7 cm³/mol. The van der Waals surface area contributed by atoms with Crippen LogP contribution in [0.4, 0.5) is 0 Å². The van der Waals surface area contributed by atoms with E-state index in [-0.39, 0.29) is 0 Å². The van der Waals surface area contributed by atoms with Crippen molar-refractivity contribution in [3.8, 4) is 0 Å². The average Bonchev–Trinajstić information content (AvgIpc) is 2.31. The molecule has 1 fully saturated rings. The highest BCUT2D eigenvalue weighted by Crippen LogP contribution is 2.26. The molecule has 0 aromatic heterocycles. The van der Waals surface area contributed by atoms with Crippen molar-refractivity contribution in [1.82, 2.24) is 0 Å². The summed E-state index contributed by atoms with van der Waals surface area (Å²) in [6, 6.07) is 11.0. The van der Waals surface area contributed by atoms with Gasteiger partial charge in [0.15, 0.2) is 0 Å². The Morgan fingerprint density at radius 3 is 2.40 bits per heavy atom. The lowest BCUT2D eigenvalue weighted by Crippen LogP contribution is -2.33. The topological polar surface area (TPSA) is 26.0 Å². The molecule has 0 radical (unpaired) electrons. The first kappa shape index (κ1) is 10.7. The molecule has 1 unspecified atom stereocenters. The minimum absolute atomic E-state index is 0.368. The van der Waals surface area contributed by atoms with Crippen LogP contribution in [0.1, 0.15) is 37.7 Å². The predicted octanol–water partition coefficient (Wildman–Crippen LogP) is 3.14. The smallest absolute Gasteiger partial charge is 0.0108 e. The molecule has 2 rings (SSSR count). The van der Waals surface area contributed by atoms with Crippen LogP contribution in [0.25, 0.3) is 0 Å². The first-order chi connectivity index (χ1) is 7.36. The van der Waals surface area contributed by atoms with Crippen LogP contribution in [0, 0.1) is 5.92 Å². The van der Waals surface area contributed by atoms with E-state index in [2.05, 4.69) is 30.3 Å². The van der Waals surface area contributed by atoms with Gasteiger partial charge in [-0.25, -0.2) is 0 Å². The van der Waals surface area contributed by atoms with Gasteiger partial charge in [-0.15, -0.1) is 0 Å². The molecule has 0 aliphatic heterocycles. The summed E-state index contributed by atoms with van der Waals surface area (Å²) in [5.41, 5.74) is 7.67. The largest absolute Gasteiger partial charge is 0.327 e. The summed E-state index contributed by atoms with van der Waals surface area (Å²) >= 11 is 0. The summed E-state index contributed by atoms with van der Waals surface area (Å²) in [6.45, 7) is 0. The summed E-state index contributed by atoms with van der Waals surface area (Å²) in [4.78, 5) is 0. The SMILES string of the molecule is NC(Cc1ccccc1)C1CCCCC1. The molecule has 1 nitrogen and oxygen atoms in total. The van der Waals surface area contributed by atoms with Crippen molar-refractivity contribution < 1.29 is 0 Å². The van der Waals surface area contributed by atoms with Crippen molar-refractivity contribution in [2.45, 2.75) is 44.6 Å². The Morgan fingerprint density at radius 1 is 1.07 bits per heavy atom. The molecule has 15 heavy (non-hydrogen) atoms. The lowest BCUT2D eigenvalue weighted by Gasteiger charge is -2.27. The van der Waals surface area contributed by atoms with Crippen molar-refractivity contribution in [3.63, 3.8) is 0 Å². The maximum absolute atomic E-state index is 6.28. The van der Waals surface area contributed by atoms with E-state index in [1.165, 1.54) is 37.7 Å². The van der Waals surface area contributed by atoms with Crippen LogP contribution in [0.15, 0.2) is 30.3 Å². The lowest BCUT2D eigenvalue weighted by molar-refractivity contribution is 0.303. The number of hydrogen-bond acceptors (Lipinski definition) is 1. The van der Waals surface area contributed by atoms with Crippen LogP contribution in [0.2, 0.25) is 0 Å². The third kappa shape index (κ3) is 3.07. The summed E-state index contributed by atoms with van der Waals surface area (Å²) < 4.78 is 0. The van der Waals surface area contributed by atoms with Gasteiger partial charge in [0, 0.05) is 6.04 Å². The first-order valence-corrected chi connectivity index (χ1v) is 6.16. The number of hydrogen-bond donors (Lipinski definition) is 1. The Labute approximate surface area is 92.7 Å². The normalized spacial score (nSPS) is 20.1. The molecule has 0 spiro atoms. The highest BCUT2D eigenvalue weighted by atomic mass is 14.6. The Bertz CT molecular complexity index is 275. The quantitative estimate of drug-likeness (QED) is 0.802. The van der Waals surface area contributed by atoms with Gasteiger partial charge in [-0.05, 0) is 30.7 Å². The average molecular weight is 203 g/mol. The van der Waals surface area contributed by atoms with Gasteiger partial charge in [0.2, 0.25) is 0 Å². The van der Waals surface area contributed by atoms with E-state index in [0.29, 0.717) is 6.04 Å². The molecule has 0 saturated heterocycles. The molecule has 82 valence electrons. The van der Waals surface area contributed by atoms with E-state index in [9.17, 15) is 0 Å². The standard InChI is InChI=1S/C14H21N/c15-14(13-9-5-2-6-10-13)11-12-7-3-1-4-8-12/h1,3-4,7-8,13-14H,2,5-6,9-11,15H2. The Kier molecular flexibility index (Phi) is 3.79. The van der Waals surface area contributed by atoms with E-state index in [4.69, 9.17) is 5.73 Å². The third-order valence-electron chi connectivity index (χ3n) is 3.57. The van der Waals surface area contributed by atoms with Crippen LogP contribution < -0.4 is 5.73 Å². The zero-order valence-electron chi connectivity index (χ0n) is 9.36. The fourth-order valence-corrected chi connectivity index (χ4v) is 2.62. The molecule has 1 aliphatic carbocycles. The fraction of sp³-hybridized carbons (Fsp3) is 0.571. The van der Waals surface area contributed by atoms with Gasteiger partial charge >= 0.3 is 0 Å². The molecule has 1 aliphatic rings. The maximum atomic E-state index is 6.28. The van der Waals surface area contributed by atoms with Gasteiger partial charge in [0.25, 0.3) is 0 Å². The molecule has 1 heteroatoms. The number of benzene rings is 1. The Hall–Kier alpha value is -0.820. The highest BCUT2D eigenvalue weighted by Gasteiger charge is 2.20. The molecule has 2 N–H and O–H groups in total. The van der Waals surface area contributed by atoms with Gasteiger partial charge in [0.1, 0.15) is 0 Å². The Balaban J connectivity index is 1.88.